The minimum absolute atomic E-state index is 0.248. The zero-order chi connectivity index (χ0) is 19.3. The highest BCUT2D eigenvalue weighted by Gasteiger charge is 2.41. The Balaban J connectivity index is 2.05. The van der Waals surface area contributed by atoms with Crippen LogP contribution in [0.15, 0.2) is 41.5 Å². The van der Waals surface area contributed by atoms with Crippen LogP contribution in [-0.4, -0.2) is 54.1 Å². The van der Waals surface area contributed by atoms with Gasteiger partial charge >= 0.3 is 0 Å². The molecule has 2 aliphatic rings. The molecule has 0 radical (unpaired) electrons. The van der Waals surface area contributed by atoms with Gasteiger partial charge in [0.05, 0.1) is 6.04 Å². The van der Waals surface area contributed by atoms with Crippen molar-refractivity contribution in [2.24, 2.45) is 0 Å². The summed E-state index contributed by atoms with van der Waals surface area (Å²) in [6, 6.07) is 11.2. The standard InChI is InChI=1S/C23H36ClN3/c1-4-19(2)21(23(3,24)27-15-9-6-10-16-27)22(20-11-7-5-8-12-20)26-17-13-25-14-18-26/h5,7-8,11-12,22,25H,4,6,9-10,13-18H2,1-3H3. The van der Waals surface area contributed by atoms with E-state index in [2.05, 4.69) is 66.2 Å². The van der Waals surface area contributed by atoms with E-state index in [1.54, 1.807) is 0 Å². The summed E-state index contributed by atoms with van der Waals surface area (Å²) in [5.41, 5.74) is 4.21. The number of halogens is 1. The number of piperidine rings is 1. The molecule has 0 saturated carbocycles. The molecule has 2 unspecified atom stereocenters. The lowest BCUT2D eigenvalue weighted by atomic mass is 9.86. The highest BCUT2D eigenvalue weighted by atomic mass is 35.5. The monoisotopic (exact) mass is 389 g/mol. The topological polar surface area (TPSA) is 18.5 Å². The van der Waals surface area contributed by atoms with Gasteiger partial charge in [0.2, 0.25) is 0 Å². The molecule has 2 aliphatic heterocycles. The van der Waals surface area contributed by atoms with Crippen LogP contribution in [0.25, 0.3) is 0 Å². The number of nitrogens with zero attached hydrogens (tertiary/aromatic N) is 2. The van der Waals surface area contributed by atoms with Crippen molar-refractivity contribution in [2.45, 2.75) is 57.5 Å². The normalized spacial score (nSPS) is 24.1. The Morgan fingerprint density at radius 2 is 1.70 bits per heavy atom. The number of hydrogen-bond acceptors (Lipinski definition) is 3. The van der Waals surface area contributed by atoms with Crippen molar-refractivity contribution in [1.29, 1.82) is 0 Å². The molecule has 2 heterocycles. The molecule has 0 bridgehead atoms. The largest absolute Gasteiger partial charge is 0.314 e. The summed E-state index contributed by atoms with van der Waals surface area (Å²) in [5.74, 6) is 0. The highest BCUT2D eigenvalue weighted by molar-refractivity contribution is 6.25. The Kier molecular flexibility index (Phi) is 7.38. The fourth-order valence-corrected chi connectivity index (χ4v) is 5.12. The molecule has 3 nitrogen and oxygen atoms in total. The second-order valence-electron chi connectivity index (χ2n) is 8.15. The van der Waals surface area contributed by atoms with Crippen LogP contribution in [0.4, 0.5) is 0 Å². The zero-order valence-electron chi connectivity index (χ0n) is 17.3. The summed E-state index contributed by atoms with van der Waals surface area (Å²) in [6.07, 6.45) is 4.88. The van der Waals surface area contributed by atoms with Crippen LogP contribution >= 0.6 is 11.6 Å². The number of benzene rings is 1. The smallest absolute Gasteiger partial charge is 0.117 e. The van der Waals surface area contributed by atoms with E-state index in [0.717, 1.165) is 45.7 Å². The van der Waals surface area contributed by atoms with Crippen LogP contribution in [0.5, 0.6) is 0 Å². The van der Waals surface area contributed by atoms with Gasteiger partial charge in [-0.2, -0.15) is 0 Å². The average Bonchev–Trinajstić information content (AvgIpc) is 2.73. The molecular weight excluding hydrogens is 354 g/mol. The Morgan fingerprint density at radius 3 is 2.30 bits per heavy atom. The van der Waals surface area contributed by atoms with Gasteiger partial charge in [0.1, 0.15) is 5.00 Å². The first kappa shape index (κ1) is 20.9. The third kappa shape index (κ3) is 4.76. The average molecular weight is 390 g/mol. The maximum Gasteiger partial charge on any atom is 0.117 e. The van der Waals surface area contributed by atoms with Gasteiger partial charge in [0.25, 0.3) is 0 Å². The van der Waals surface area contributed by atoms with E-state index in [4.69, 9.17) is 11.6 Å². The molecule has 0 spiro atoms. The van der Waals surface area contributed by atoms with Crippen LogP contribution in [0.1, 0.15) is 58.1 Å². The number of likely N-dealkylation sites (tertiary alicyclic amines) is 1. The second-order valence-corrected chi connectivity index (χ2v) is 8.88. The molecule has 2 atom stereocenters. The molecule has 150 valence electrons. The third-order valence-electron chi connectivity index (χ3n) is 6.34. The quantitative estimate of drug-likeness (QED) is 0.428. The van der Waals surface area contributed by atoms with E-state index < -0.39 is 5.00 Å². The van der Waals surface area contributed by atoms with Gasteiger partial charge in [-0.3, -0.25) is 9.80 Å². The van der Waals surface area contributed by atoms with Crippen LogP contribution in [0.3, 0.4) is 0 Å². The van der Waals surface area contributed by atoms with Gasteiger partial charge in [-0.1, -0.05) is 60.9 Å². The Labute approximate surface area is 170 Å². The molecule has 2 fully saturated rings. The first-order valence-electron chi connectivity index (χ1n) is 10.7. The minimum atomic E-state index is -0.439. The summed E-state index contributed by atoms with van der Waals surface area (Å²) in [4.78, 5) is 4.71. The molecule has 0 amide bonds. The fourth-order valence-electron chi connectivity index (χ4n) is 4.68. The van der Waals surface area contributed by atoms with Crippen LogP contribution < -0.4 is 5.32 Å². The Bertz CT molecular complexity index is 614. The predicted octanol–water partition coefficient (Wildman–Crippen LogP) is 4.80. The fraction of sp³-hybridized carbons (Fsp3) is 0.652. The van der Waals surface area contributed by atoms with Crippen molar-refractivity contribution in [1.82, 2.24) is 15.1 Å². The van der Waals surface area contributed by atoms with Crippen LogP contribution in [-0.2, 0) is 0 Å². The van der Waals surface area contributed by atoms with Gasteiger partial charge < -0.3 is 5.32 Å². The lowest BCUT2D eigenvalue weighted by molar-refractivity contribution is 0.131. The number of hydrogen-bond donors (Lipinski definition) is 1. The van der Waals surface area contributed by atoms with E-state index in [1.807, 2.05) is 0 Å². The van der Waals surface area contributed by atoms with Gasteiger partial charge in [-0.25, -0.2) is 0 Å². The summed E-state index contributed by atoms with van der Waals surface area (Å²) >= 11 is 7.44. The number of piperazine rings is 1. The van der Waals surface area contributed by atoms with Crippen molar-refractivity contribution >= 4 is 11.6 Å². The Morgan fingerprint density at radius 1 is 1.07 bits per heavy atom. The number of allylic oxidation sites excluding steroid dienone is 1. The van der Waals surface area contributed by atoms with Gasteiger partial charge in [-0.15, -0.1) is 0 Å². The van der Waals surface area contributed by atoms with Crippen molar-refractivity contribution < 1.29 is 0 Å². The molecule has 1 aromatic rings. The van der Waals surface area contributed by atoms with E-state index in [1.165, 1.54) is 36.0 Å². The van der Waals surface area contributed by atoms with E-state index in [9.17, 15) is 0 Å². The molecule has 4 heteroatoms. The summed E-state index contributed by atoms with van der Waals surface area (Å²) < 4.78 is 0. The lowest BCUT2D eigenvalue weighted by Gasteiger charge is -2.47. The zero-order valence-corrected chi connectivity index (χ0v) is 18.1. The maximum absolute atomic E-state index is 7.44. The van der Waals surface area contributed by atoms with Gasteiger partial charge in [0.15, 0.2) is 0 Å². The highest BCUT2D eigenvalue weighted by Crippen LogP contribution is 2.44. The predicted molar refractivity (Wildman–Crippen MR) is 116 cm³/mol. The SMILES string of the molecule is CCC(C)=C(C(c1ccccc1)N1CCNCC1)C(C)(Cl)N1CCCCC1. The molecule has 27 heavy (non-hydrogen) atoms. The molecule has 2 saturated heterocycles. The Hall–Kier alpha value is -0.870. The van der Waals surface area contributed by atoms with Crippen molar-refractivity contribution in [3.05, 3.63) is 47.0 Å². The summed E-state index contributed by atoms with van der Waals surface area (Å²) in [7, 11) is 0. The van der Waals surface area contributed by atoms with E-state index in [-0.39, 0.29) is 6.04 Å². The third-order valence-corrected chi connectivity index (χ3v) is 6.78. The lowest BCUT2D eigenvalue weighted by Crippen LogP contribution is -2.52. The van der Waals surface area contributed by atoms with Gasteiger partial charge in [-0.05, 0) is 44.2 Å². The van der Waals surface area contributed by atoms with Crippen molar-refractivity contribution in [3.63, 3.8) is 0 Å². The minimum Gasteiger partial charge on any atom is -0.314 e. The number of nitrogens with one attached hydrogen (secondary N) is 1. The van der Waals surface area contributed by atoms with Crippen LogP contribution in [0.2, 0.25) is 0 Å². The summed E-state index contributed by atoms with van der Waals surface area (Å²) in [5, 5.41) is 3.50. The molecule has 3 rings (SSSR count). The number of alkyl halides is 1. The molecule has 1 N–H and O–H groups in total. The first-order valence-corrected chi connectivity index (χ1v) is 11.1. The molecule has 1 aromatic carbocycles. The molecule has 0 aromatic heterocycles. The molecular formula is C23H36ClN3. The first-order chi connectivity index (χ1) is 13.1. The molecule has 0 aliphatic carbocycles. The maximum atomic E-state index is 7.44. The second kappa shape index (κ2) is 9.56. The van der Waals surface area contributed by atoms with Gasteiger partial charge in [0, 0.05) is 39.3 Å². The van der Waals surface area contributed by atoms with Crippen LogP contribution in [0, 0.1) is 0 Å². The number of rotatable bonds is 6. The van der Waals surface area contributed by atoms with E-state index in [0.29, 0.717) is 0 Å². The van der Waals surface area contributed by atoms with E-state index >= 15 is 0 Å². The van der Waals surface area contributed by atoms with Crippen molar-refractivity contribution in [2.75, 3.05) is 39.3 Å². The summed E-state index contributed by atoms with van der Waals surface area (Å²) in [6.45, 7) is 13.2. The van der Waals surface area contributed by atoms with Crippen molar-refractivity contribution in [3.8, 4) is 0 Å².